The number of hydrogen-bond acceptors (Lipinski definition) is 8. The Morgan fingerprint density at radius 2 is 1.97 bits per heavy atom. The van der Waals surface area contributed by atoms with Gasteiger partial charge in [0.2, 0.25) is 0 Å². The van der Waals surface area contributed by atoms with Crippen LogP contribution >= 0.6 is 0 Å². The van der Waals surface area contributed by atoms with Gasteiger partial charge in [0.15, 0.2) is 0 Å². The van der Waals surface area contributed by atoms with Gasteiger partial charge in [-0.1, -0.05) is 12.1 Å². The average Bonchev–Trinajstić information content (AvgIpc) is 3.34. The van der Waals surface area contributed by atoms with Crippen molar-refractivity contribution < 1.29 is 33.7 Å². The number of rotatable bonds is 7. The number of likely N-dealkylation sites (tertiary alicyclic amines) is 1. The van der Waals surface area contributed by atoms with Crippen LogP contribution in [0.1, 0.15) is 27.2 Å². The molecule has 2 aliphatic heterocycles. The highest BCUT2D eigenvalue weighted by Gasteiger charge is 2.35. The number of aliphatic hydroxyl groups is 1. The van der Waals surface area contributed by atoms with E-state index in [4.69, 9.17) is 14.2 Å². The predicted octanol–water partition coefficient (Wildman–Crippen LogP) is 1.75. The quantitative estimate of drug-likeness (QED) is 0.590. The molecule has 3 rings (SSSR count). The number of methoxy groups -OCH3 is 1. The molecule has 1 aromatic rings. The lowest BCUT2D eigenvalue weighted by molar-refractivity contribution is -0.136. The van der Waals surface area contributed by atoms with E-state index in [1.54, 1.807) is 29.2 Å². The van der Waals surface area contributed by atoms with Gasteiger partial charge in [0.25, 0.3) is 5.91 Å². The van der Waals surface area contributed by atoms with Crippen molar-refractivity contribution in [2.75, 3.05) is 45.2 Å². The fourth-order valence-corrected chi connectivity index (χ4v) is 3.65. The largest absolute Gasteiger partial charge is 0.486 e. The summed E-state index contributed by atoms with van der Waals surface area (Å²) >= 11 is 0. The van der Waals surface area contributed by atoms with Gasteiger partial charge in [-0.25, -0.2) is 9.59 Å². The minimum atomic E-state index is -0.617. The Kier molecular flexibility index (Phi) is 7.47. The number of para-hydroxylation sites is 2. The zero-order chi connectivity index (χ0) is 24.2. The summed E-state index contributed by atoms with van der Waals surface area (Å²) in [7, 11) is 1.25. The van der Waals surface area contributed by atoms with E-state index in [1.165, 1.54) is 12.0 Å². The molecule has 2 heterocycles. The molecular weight excluding hydrogens is 430 g/mol. The smallest absolute Gasteiger partial charge is 0.410 e. The molecule has 2 aliphatic rings. The molecular formula is C23H31N3O7. The molecule has 0 spiro atoms. The van der Waals surface area contributed by atoms with Crippen molar-refractivity contribution in [3.63, 3.8) is 0 Å². The summed E-state index contributed by atoms with van der Waals surface area (Å²) in [4.78, 5) is 40.3. The topological polar surface area (TPSA) is 118 Å². The van der Waals surface area contributed by atoms with Gasteiger partial charge in [0, 0.05) is 19.5 Å². The zero-order valence-electron chi connectivity index (χ0n) is 19.4. The number of ether oxygens (including phenoxy) is 3. The Bertz CT molecular complexity index is 938. The normalized spacial score (nSPS) is 18.6. The van der Waals surface area contributed by atoms with Gasteiger partial charge in [0.05, 0.1) is 38.1 Å². The maximum absolute atomic E-state index is 12.8. The van der Waals surface area contributed by atoms with Crippen LogP contribution in [0.4, 0.5) is 10.5 Å². The zero-order valence-corrected chi connectivity index (χ0v) is 19.4. The number of amides is 2. The van der Waals surface area contributed by atoms with Gasteiger partial charge in [-0.05, 0) is 32.9 Å². The van der Waals surface area contributed by atoms with E-state index < -0.39 is 17.5 Å². The second-order valence-corrected chi connectivity index (χ2v) is 8.87. The minimum Gasteiger partial charge on any atom is -0.486 e. The van der Waals surface area contributed by atoms with Crippen LogP contribution in [0.5, 0.6) is 5.75 Å². The Hall–Kier alpha value is -3.27. The molecule has 0 radical (unpaired) electrons. The number of benzene rings is 1. The van der Waals surface area contributed by atoms with Gasteiger partial charge in [-0.15, -0.1) is 0 Å². The molecule has 33 heavy (non-hydrogen) atoms. The van der Waals surface area contributed by atoms with Gasteiger partial charge >= 0.3 is 12.1 Å². The third kappa shape index (κ3) is 5.95. The summed E-state index contributed by atoms with van der Waals surface area (Å²) in [5.74, 6) is -0.539. The van der Waals surface area contributed by atoms with Crippen molar-refractivity contribution in [2.45, 2.75) is 38.9 Å². The van der Waals surface area contributed by atoms with E-state index in [1.807, 2.05) is 20.8 Å². The van der Waals surface area contributed by atoms with Crippen LogP contribution in [0.2, 0.25) is 0 Å². The van der Waals surface area contributed by atoms with Crippen LogP contribution in [-0.4, -0.2) is 84.5 Å². The highest BCUT2D eigenvalue weighted by atomic mass is 16.6. The van der Waals surface area contributed by atoms with E-state index in [9.17, 15) is 19.5 Å². The van der Waals surface area contributed by atoms with Crippen LogP contribution in [0.3, 0.4) is 0 Å². The third-order valence-corrected chi connectivity index (χ3v) is 5.19. The standard InChI is InChI=1S/C23H31N3O7/c1-23(2,3)33-22(30)26-10-9-15(13-26)32-18-8-6-5-7-17(18)24-19-16(21(29)31-4)14-25(11-12-27)20(19)28/h5-8,15,24,27H,9-14H2,1-4H3. The van der Waals surface area contributed by atoms with E-state index >= 15 is 0 Å². The van der Waals surface area contributed by atoms with Crippen LogP contribution in [0.25, 0.3) is 0 Å². The fraction of sp³-hybridized carbons (Fsp3) is 0.522. The summed E-state index contributed by atoms with van der Waals surface area (Å²) in [5.41, 5.74) is 0.203. The molecule has 2 amide bonds. The van der Waals surface area contributed by atoms with Crippen LogP contribution < -0.4 is 10.1 Å². The summed E-state index contributed by atoms with van der Waals surface area (Å²) < 4.78 is 16.4. The van der Waals surface area contributed by atoms with E-state index in [0.29, 0.717) is 30.9 Å². The molecule has 180 valence electrons. The van der Waals surface area contributed by atoms with E-state index in [-0.39, 0.29) is 43.2 Å². The molecule has 0 aliphatic carbocycles. The number of nitrogens with one attached hydrogen (secondary N) is 1. The number of hydrogen-bond donors (Lipinski definition) is 2. The number of esters is 1. The third-order valence-electron chi connectivity index (χ3n) is 5.19. The highest BCUT2D eigenvalue weighted by Crippen LogP contribution is 2.31. The lowest BCUT2D eigenvalue weighted by Crippen LogP contribution is -2.36. The van der Waals surface area contributed by atoms with Crippen LogP contribution in [-0.2, 0) is 19.1 Å². The van der Waals surface area contributed by atoms with Crippen molar-refractivity contribution in [3.05, 3.63) is 35.5 Å². The first-order valence-electron chi connectivity index (χ1n) is 10.8. The lowest BCUT2D eigenvalue weighted by atomic mass is 10.2. The minimum absolute atomic E-state index is 0.0465. The molecule has 2 N–H and O–H groups in total. The molecule has 1 aromatic carbocycles. The second-order valence-electron chi connectivity index (χ2n) is 8.87. The summed E-state index contributed by atoms with van der Waals surface area (Å²) in [6.07, 6.45) is 0.000454. The number of β-amino-alcohol motifs (C(OH)–C–C–N with tert-alkyl or cyclic N) is 1. The Morgan fingerprint density at radius 1 is 1.24 bits per heavy atom. The Balaban J connectivity index is 1.74. The molecule has 0 saturated carbocycles. The summed E-state index contributed by atoms with van der Waals surface area (Å²) in [6, 6.07) is 7.06. The molecule has 1 unspecified atom stereocenters. The fourth-order valence-electron chi connectivity index (χ4n) is 3.65. The molecule has 10 nitrogen and oxygen atoms in total. The monoisotopic (exact) mass is 461 g/mol. The SMILES string of the molecule is COC(=O)C1=C(Nc2ccccc2OC2CCN(C(=O)OC(C)(C)C)C2)C(=O)N(CCO)C1. The Labute approximate surface area is 193 Å². The van der Waals surface area contributed by atoms with Gasteiger partial charge in [-0.2, -0.15) is 0 Å². The first kappa shape index (κ1) is 24.4. The van der Waals surface area contributed by atoms with Crippen molar-refractivity contribution in [1.29, 1.82) is 0 Å². The molecule has 0 aromatic heterocycles. The van der Waals surface area contributed by atoms with Crippen molar-refractivity contribution in [2.24, 2.45) is 0 Å². The van der Waals surface area contributed by atoms with Crippen molar-refractivity contribution >= 4 is 23.7 Å². The van der Waals surface area contributed by atoms with Crippen molar-refractivity contribution in [3.8, 4) is 5.75 Å². The first-order chi connectivity index (χ1) is 15.6. The highest BCUT2D eigenvalue weighted by molar-refractivity contribution is 6.08. The van der Waals surface area contributed by atoms with Crippen LogP contribution in [0, 0.1) is 0 Å². The number of carbonyl (C=O) groups is 3. The first-order valence-corrected chi connectivity index (χ1v) is 10.8. The summed E-state index contributed by atoms with van der Waals surface area (Å²) in [6.45, 7) is 6.28. The maximum atomic E-state index is 12.8. The molecule has 1 saturated heterocycles. The number of carbonyl (C=O) groups excluding carboxylic acids is 3. The second kappa shape index (κ2) is 10.1. The Morgan fingerprint density at radius 3 is 2.64 bits per heavy atom. The molecule has 1 fully saturated rings. The number of nitrogens with zero attached hydrogens (tertiary/aromatic N) is 2. The number of anilines is 1. The lowest BCUT2D eigenvalue weighted by Gasteiger charge is -2.24. The number of aliphatic hydroxyl groups excluding tert-OH is 1. The maximum Gasteiger partial charge on any atom is 0.410 e. The molecule has 1 atom stereocenters. The van der Waals surface area contributed by atoms with Crippen LogP contribution in [0.15, 0.2) is 35.5 Å². The van der Waals surface area contributed by atoms with Crippen molar-refractivity contribution in [1.82, 2.24) is 9.80 Å². The predicted molar refractivity (Wildman–Crippen MR) is 120 cm³/mol. The van der Waals surface area contributed by atoms with E-state index in [2.05, 4.69) is 5.32 Å². The average molecular weight is 462 g/mol. The van der Waals surface area contributed by atoms with Gasteiger partial charge in [0.1, 0.15) is 23.2 Å². The van der Waals surface area contributed by atoms with Gasteiger partial charge in [-0.3, -0.25) is 4.79 Å². The van der Waals surface area contributed by atoms with E-state index in [0.717, 1.165) is 0 Å². The molecule has 0 bridgehead atoms. The van der Waals surface area contributed by atoms with Gasteiger partial charge < -0.3 is 34.4 Å². The molecule has 10 heteroatoms. The summed E-state index contributed by atoms with van der Waals surface area (Å²) in [5, 5.41) is 12.3.